The quantitative estimate of drug-likeness (QED) is 0.802. The highest BCUT2D eigenvalue weighted by Crippen LogP contribution is 2.16. The molecule has 1 heterocycles. The number of amides is 2. The van der Waals surface area contributed by atoms with Gasteiger partial charge in [-0.2, -0.15) is 0 Å². The molecule has 1 aliphatic heterocycles. The number of carbonyl (C=O) groups excluding carboxylic acids is 2. The van der Waals surface area contributed by atoms with Crippen molar-refractivity contribution in [2.24, 2.45) is 0 Å². The Kier molecular flexibility index (Phi) is 6.67. The highest BCUT2D eigenvalue weighted by Gasteiger charge is 2.20. The summed E-state index contributed by atoms with van der Waals surface area (Å²) in [6.07, 6.45) is 3.42. The monoisotopic (exact) mass is 339 g/mol. The van der Waals surface area contributed by atoms with Crippen LogP contribution in [-0.4, -0.2) is 42.5 Å². The number of hydrogen-bond donors (Lipinski definition) is 2. The van der Waals surface area contributed by atoms with Gasteiger partial charge in [0, 0.05) is 11.1 Å². The van der Waals surface area contributed by atoms with Crippen molar-refractivity contribution >= 4 is 23.4 Å². The highest BCUT2D eigenvalue weighted by atomic mass is 35.5. The molecule has 0 saturated carbocycles. The van der Waals surface area contributed by atoms with E-state index in [1.807, 2.05) is 0 Å². The predicted octanol–water partition coefficient (Wildman–Crippen LogP) is 1.74. The number of benzene rings is 1. The third-order valence-electron chi connectivity index (χ3n) is 3.81. The number of ether oxygens (including phenoxy) is 1. The maximum Gasteiger partial charge on any atom is 0.276 e. The molecule has 0 spiro atoms. The van der Waals surface area contributed by atoms with E-state index in [9.17, 15) is 9.59 Å². The van der Waals surface area contributed by atoms with Crippen molar-refractivity contribution in [3.05, 3.63) is 29.3 Å². The molecule has 23 heavy (non-hydrogen) atoms. The second kappa shape index (κ2) is 8.74. The molecule has 6 nitrogen and oxygen atoms in total. The molecule has 1 saturated heterocycles. The number of piperidine rings is 1. The number of nitrogens with one attached hydrogen (secondary N) is 2. The lowest BCUT2D eigenvalue weighted by molar-refractivity contribution is -0.131. The van der Waals surface area contributed by atoms with Gasteiger partial charge in [0.2, 0.25) is 0 Å². The average molecular weight is 340 g/mol. The predicted molar refractivity (Wildman–Crippen MR) is 88.1 cm³/mol. The maximum atomic E-state index is 11.9. The van der Waals surface area contributed by atoms with Crippen LogP contribution >= 0.6 is 11.6 Å². The average Bonchev–Trinajstić information content (AvgIpc) is 2.54. The minimum atomic E-state index is -0.417. The Labute approximate surface area is 141 Å². The number of rotatable bonds is 5. The Morgan fingerprint density at radius 2 is 1.91 bits per heavy atom. The molecule has 1 aromatic rings. The fraction of sp³-hybridized carbons (Fsp3) is 0.500. The van der Waals surface area contributed by atoms with Gasteiger partial charge in [0.05, 0.1) is 6.54 Å². The minimum absolute atomic E-state index is 0.179. The van der Waals surface area contributed by atoms with Crippen molar-refractivity contribution in [2.45, 2.75) is 32.2 Å². The molecule has 7 heteroatoms. The molecule has 0 unspecified atom stereocenters. The number of nitrogens with zero attached hydrogens (tertiary/aromatic N) is 1. The molecule has 0 aromatic heterocycles. The van der Waals surface area contributed by atoms with Crippen molar-refractivity contribution in [2.75, 3.05) is 19.7 Å². The van der Waals surface area contributed by atoms with Crippen LogP contribution in [0.2, 0.25) is 5.02 Å². The van der Waals surface area contributed by atoms with Gasteiger partial charge >= 0.3 is 0 Å². The van der Waals surface area contributed by atoms with Gasteiger partial charge in [0.1, 0.15) is 5.75 Å². The largest absolute Gasteiger partial charge is 0.484 e. The zero-order valence-corrected chi connectivity index (χ0v) is 13.9. The Morgan fingerprint density at radius 1 is 1.22 bits per heavy atom. The molecular weight excluding hydrogens is 318 g/mol. The van der Waals surface area contributed by atoms with Crippen LogP contribution in [0.15, 0.2) is 24.3 Å². The standard InChI is InChI=1S/C16H22ClN3O3/c1-12-4-2-3-9-20(12)10-15(21)18-19-16(22)11-23-14-7-5-13(17)6-8-14/h5-8,12H,2-4,9-11H2,1H3,(H,18,21)(H,19,22)/t12-/m1/s1. The Bertz CT molecular complexity index is 536. The van der Waals surface area contributed by atoms with Crippen molar-refractivity contribution in [3.8, 4) is 5.75 Å². The van der Waals surface area contributed by atoms with E-state index >= 15 is 0 Å². The summed E-state index contributed by atoms with van der Waals surface area (Å²) in [6, 6.07) is 7.10. The van der Waals surface area contributed by atoms with Crippen LogP contribution in [0.5, 0.6) is 5.75 Å². The van der Waals surface area contributed by atoms with Crippen LogP contribution in [0.1, 0.15) is 26.2 Å². The van der Waals surface area contributed by atoms with Gasteiger partial charge in [-0.1, -0.05) is 18.0 Å². The minimum Gasteiger partial charge on any atom is -0.484 e. The van der Waals surface area contributed by atoms with Gasteiger partial charge in [0.15, 0.2) is 6.61 Å². The molecule has 0 bridgehead atoms. The first-order chi connectivity index (χ1) is 11.0. The Morgan fingerprint density at radius 3 is 2.61 bits per heavy atom. The molecule has 1 atom stereocenters. The van der Waals surface area contributed by atoms with E-state index in [1.165, 1.54) is 6.42 Å². The number of halogens is 1. The molecule has 0 radical (unpaired) electrons. The molecule has 0 aliphatic carbocycles. The van der Waals surface area contributed by atoms with Crippen LogP contribution in [0.25, 0.3) is 0 Å². The normalized spacial score (nSPS) is 18.3. The van der Waals surface area contributed by atoms with E-state index in [2.05, 4.69) is 22.7 Å². The lowest BCUT2D eigenvalue weighted by atomic mass is 10.0. The van der Waals surface area contributed by atoms with Gasteiger partial charge in [-0.15, -0.1) is 0 Å². The molecule has 2 amide bonds. The summed E-state index contributed by atoms with van der Waals surface area (Å²) in [5.74, 6) is -0.100. The zero-order chi connectivity index (χ0) is 16.7. The van der Waals surface area contributed by atoms with Crippen molar-refractivity contribution in [1.29, 1.82) is 0 Å². The topological polar surface area (TPSA) is 70.7 Å². The number of likely N-dealkylation sites (tertiary alicyclic amines) is 1. The van der Waals surface area contributed by atoms with Crippen molar-refractivity contribution in [1.82, 2.24) is 15.8 Å². The first kappa shape index (κ1) is 17.6. The van der Waals surface area contributed by atoms with E-state index in [0.717, 1.165) is 19.4 Å². The zero-order valence-electron chi connectivity index (χ0n) is 13.2. The Balaban J connectivity index is 1.65. The van der Waals surface area contributed by atoms with Crippen LogP contribution in [0, 0.1) is 0 Å². The van der Waals surface area contributed by atoms with Crippen LogP contribution in [0.4, 0.5) is 0 Å². The van der Waals surface area contributed by atoms with E-state index in [0.29, 0.717) is 23.4 Å². The first-order valence-corrected chi connectivity index (χ1v) is 8.12. The van der Waals surface area contributed by atoms with Gasteiger partial charge in [-0.05, 0) is 50.6 Å². The van der Waals surface area contributed by atoms with Gasteiger partial charge in [-0.25, -0.2) is 0 Å². The molecule has 1 aromatic carbocycles. The summed E-state index contributed by atoms with van der Waals surface area (Å²) >= 11 is 5.76. The lowest BCUT2D eigenvalue weighted by Crippen LogP contribution is -2.50. The first-order valence-electron chi connectivity index (χ1n) is 7.74. The van der Waals surface area contributed by atoms with Crippen LogP contribution in [-0.2, 0) is 9.59 Å². The Hall–Kier alpha value is -1.79. The molecule has 126 valence electrons. The van der Waals surface area contributed by atoms with Gasteiger partial charge in [0.25, 0.3) is 11.8 Å². The summed E-state index contributed by atoms with van der Waals surface area (Å²) < 4.78 is 5.29. The third-order valence-corrected chi connectivity index (χ3v) is 4.06. The summed E-state index contributed by atoms with van der Waals surface area (Å²) in [5, 5.41) is 0.598. The third kappa shape index (κ3) is 6.08. The number of hydrazine groups is 1. The summed E-state index contributed by atoms with van der Waals surface area (Å²) in [7, 11) is 0. The molecule has 2 N–H and O–H groups in total. The maximum absolute atomic E-state index is 11.9. The highest BCUT2D eigenvalue weighted by molar-refractivity contribution is 6.30. The molecule has 1 fully saturated rings. The van der Waals surface area contributed by atoms with Crippen molar-refractivity contribution < 1.29 is 14.3 Å². The summed E-state index contributed by atoms with van der Waals surface area (Å²) in [6.45, 7) is 3.15. The van der Waals surface area contributed by atoms with Crippen molar-refractivity contribution in [3.63, 3.8) is 0 Å². The van der Waals surface area contributed by atoms with Gasteiger partial charge in [-0.3, -0.25) is 25.3 Å². The van der Waals surface area contributed by atoms with E-state index < -0.39 is 5.91 Å². The van der Waals surface area contributed by atoms with Crippen LogP contribution < -0.4 is 15.6 Å². The smallest absolute Gasteiger partial charge is 0.276 e. The SMILES string of the molecule is C[C@@H]1CCCCN1CC(=O)NNC(=O)COc1ccc(Cl)cc1. The number of carbonyl (C=O) groups is 2. The molecule has 2 rings (SSSR count). The van der Waals surface area contributed by atoms with E-state index in [4.69, 9.17) is 16.3 Å². The van der Waals surface area contributed by atoms with Gasteiger partial charge < -0.3 is 4.74 Å². The summed E-state index contributed by atoms with van der Waals surface area (Å²) in [5.41, 5.74) is 4.77. The van der Waals surface area contributed by atoms with E-state index in [-0.39, 0.29) is 12.5 Å². The lowest BCUT2D eigenvalue weighted by Gasteiger charge is -2.32. The summed E-state index contributed by atoms with van der Waals surface area (Å²) in [4.78, 5) is 25.6. The molecule has 1 aliphatic rings. The second-order valence-corrected chi connectivity index (χ2v) is 6.09. The fourth-order valence-electron chi connectivity index (χ4n) is 2.47. The van der Waals surface area contributed by atoms with E-state index in [1.54, 1.807) is 24.3 Å². The second-order valence-electron chi connectivity index (χ2n) is 5.65. The number of hydrogen-bond acceptors (Lipinski definition) is 4. The molecular formula is C16H22ClN3O3. The van der Waals surface area contributed by atoms with Crippen LogP contribution in [0.3, 0.4) is 0 Å². The fourth-order valence-corrected chi connectivity index (χ4v) is 2.60.